The van der Waals surface area contributed by atoms with Crippen LogP contribution in [-0.2, 0) is 9.59 Å². The first-order valence-corrected chi connectivity index (χ1v) is 7.66. The first-order chi connectivity index (χ1) is 10.3. The summed E-state index contributed by atoms with van der Waals surface area (Å²) >= 11 is 3.13. The van der Waals surface area contributed by atoms with Crippen molar-refractivity contribution >= 4 is 27.8 Å². The fourth-order valence-electron chi connectivity index (χ4n) is 1.86. The van der Waals surface area contributed by atoms with Gasteiger partial charge in [0.1, 0.15) is 11.6 Å². The average Bonchev–Trinajstić information content (AvgIpc) is 2.41. The van der Waals surface area contributed by atoms with Crippen molar-refractivity contribution in [1.29, 1.82) is 0 Å². The van der Waals surface area contributed by atoms with Gasteiger partial charge >= 0.3 is 5.97 Å². The maximum Gasteiger partial charge on any atom is 0.308 e. The number of carboxylic acids is 1. The largest absolute Gasteiger partial charge is 0.483 e. The molecule has 1 unspecified atom stereocenters. The maximum atomic E-state index is 12.9. The Bertz CT molecular complexity index is 536. The molecule has 0 aromatic heterocycles. The van der Waals surface area contributed by atoms with Crippen molar-refractivity contribution in [1.82, 2.24) is 5.32 Å². The summed E-state index contributed by atoms with van der Waals surface area (Å²) in [5, 5.41) is 11.6. The van der Waals surface area contributed by atoms with Gasteiger partial charge in [-0.1, -0.05) is 13.8 Å². The lowest BCUT2D eigenvalue weighted by Crippen LogP contribution is -2.36. The van der Waals surface area contributed by atoms with E-state index in [0.717, 1.165) is 0 Å². The fraction of sp³-hybridized carbons (Fsp3) is 0.467. The molecule has 22 heavy (non-hydrogen) atoms. The quantitative estimate of drug-likeness (QED) is 0.732. The summed E-state index contributed by atoms with van der Waals surface area (Å²) in [4.78, 5) is 22.8. The standard InChI is InChI=1S/C15H19BrFNO4/c1-9(2)5-10(15(20)21)7-18-14(19)8-22-13-4-3-11(17)6-12(13)16/h3-4,6,9-10H,5,7-8H2,1-2H3,(H,18,19)(H,20,21). The SMILES string of the molecule is CC(C)CC(CNC(=O)COc1ccc(F)cc1Br)C(=O)O. The third-order valence-electron chi connectivity index (χ3n) is 2.90. The van der Waals surface area contributed by atoms with Crippen molar-refractivity contribution in [3.8, 4) is 5.75 Å². The van der Waals surface area contributed by atoms with Gasteiger partial charge in [-0.15, -0.1) is 0 Å². The molecule has 0 spiro atoms. The van der Waals surface area contributed by atoms with E-state index in [2.05, 4.69) is 21.2 Å². The van der Waals surface area contributed by atoms with E-state index < -0.39 is 23.6 Å². The van der Waals surface area contributed by atoms with Crippen molar-refractivity contribution in [2.75, 3.05) is 13.2 Å². The second-order valence-electron chi connectivity index (χ2n) is 5.33. The van der Waals surface area contributed by atoms with E-state index in [4.69, 9.17) is 9.84 Å². The Morgan fingerprint density at radius 2 is 2.09 bits per heavy atom. The Kier molecular flexibility index (Phi) is 7.31. The van der Waals surface area contributed by atoms with Gasteiger partial charge in [0.2, 0.25) is 0 Å². The summed E-state index contributed by atoms with van der Waals surface area (Å²) in [6, 6.07) is 3.86. The summed E-state index contributed by atoms with van der Waals surface area (Å²) < 4.78 is 18.6. The van der Waals surface area contributed by atoms with Crippen LogP contribution in [0.1, 0.15) is 20.3 Å². The van der Waals surface area contributed by atoms with E-state index >= 15 is 0 Å². The van der Waals surface area contributed by atoms with E-state index in [1.54, 1.807) is 0 Å². The lowest BCUT2D eigenvalue weighted by Gasteiger charge is -2.15. The number of rotatable bonds is 8. The third-order valence-corrected chi connectivity index (χ3v) is 3.52. The van der Waals surface area contributed by atoms with Gasteiger partial charge in [0.25, 0.3) is 5.91 Å². The topological polar surface area (TPSA) is 75.6 Å². The number of carboxylic acid groups (broad SMARTS) is 1. The Morgan fingerprint density at radius 1 is 1.41 bits per heavy atom. The molecule has 5 nitrogen and oxygen atoms in total. The van der Waals surface area contributed by atoms with Crippen molar-refractivity contribution in [3.63, 3.8) is 0 Å². The van der Waals surface area contributed by atoms with Gasteiger partial charge in [0.05, 0.1) is 10.4 Å². The lowest BCUT2D eigenvalue weighted by atomic mass is 9.97. The third kappa shape index (κ3) is 6.43. The first kappa shape index (κ1) is 18.4. The zero-order chi connectivity index (χ0) is 16.7. The number of hydrogen-bond acceptors (Lipinski definition) is 3. The number of benzene rings is 1. The highest BCUT2D eigenvalue weighted by Gasteiger charge is 2.19. The van der Waals surface area contributed by atoms with Crippen LogP contribution in [0.15, 0.2) is 22.7 Å². The maximum absolute atomic E-state index is 12.9. The number of nitrogens with one attached hydrogen (secondary N) is 1. The minimum Gasteiger partial charge on any atom is -0.483 e. The van der Waals surface area contributed by atoms with E-state index in [1.807, 2.05) is 13.8 Å². The van der Waals surface area contributed by atoms with Gasteiger partial charge in [0.15, 0.2) is 6.61 Å². The smallest absolute Gasteiger partial charge is 0.308 e. The Balaban J connectivity index is 2.44. The average molecular weight is 376 g/mol. The van der Waals surface area contributed by atoms with Crippen LogP contribution in [0.2, 0.25) is 0 Å². The number of carbonyl (C=O) groups is 2. The van der Waals surface area contributed by atoms with Gasteiger partial charge in [-0.2, -0.15) is 0 Å². The molecule has 7 heteroatoms. The van der Waals surface area contributed by atoms with Gasteiger partial charge in [0, 0.05) is 6.54 Å². The minimum absolute atomic E-state index is 0.0558. The van der Waals surface area contributed by atoms with Gasteiger partial charge in [-0.05, 0) is 46.5 Å². The van der Waals surface area contributed by atoms with Crippen LogP contribution < -0.4 is 10.1 Å². The molecule has 0 aliphatic rings. The highest BCUT2D eigenvalue weighted by molar-refractivity contribution is 9.10. The number of aliphatic carboxylic acids is 1. The number of halogens is 2. The number of ether oxygens (including phenoxy) is 1. The van der Waals surface area contributed by atoms with Crippen LogP contribution in [0.5, 0.6) is 5.75 Å². The molecule has 0 aliphatic carbocycles. The molecule has 0 saturated carbocycles. The first-order valence-electron chi connectivity index (χ1n) is 6.87. The molecule has 122 valence electrons. The number of hydrogen-bond donors (Lipinski definition) is 2. The van der Waals surface area contributed by atoms with Crippen molar-refractivity contribution in [3.05, 3.63) is 28.5 Å². The highest BCUT2D eigenvalue weighted by Crippen LogP contribution is 2.25. The molecule has 0 bridgehead atoms. The van der Waals surface area contributed by atoms with Crippen molar-refractivity contribution in [2.24, 2.45) is 11.8 Å². The second kappa shape index (κ2) is 8.73. The van der Waals surface area contributed by atoms with Crippen molar-refractivity contribution in [2.45, 2.75) is 20.3 Å². The number of amides is 1. The molecular formula is C15H19BrFNO4. The van der Waals surface area contributed by atoms with E-state index in [1.165, 1.54) is 18.2 Å². The Hall–Kier alpha value is -1.63. The molecular weight excluding hydrogens is 357 g/mol. The van der Waals surface area contributed by atoms with Crippen LogP contribution in [0.4, 0.5) is 4.39 Å². The van der Waals surface area contributed by atoms with E-state index in [-0.39, 0.29) is 19.1 Å². The highest BCUT2D eigenvalue weighted by atomic mass is 79.9. The molecule has 1 amide bonds. The van der Waals surface area contributed by atoms with E-state index in [9.17, 15) is 14.0 Å². The summed E-state index contributed by atoms with van der Waals surface area (Å²) in [5.74, 6) is -1.83. The van der Waals surface area contributed by atoms with Crippen LogP contribution >= 0.6 is 15.9 Å². The zero-order valence-electron chi connectivity index (χ0n) is 12.4. The number of carbonyl (C=O) groups excluding carboxylic acids is 1. The summed E-state index contributed by atoms with van der Waals surface area (Å²) in [5.41, 5.74) is 0. The van der Waals surface area contributed by atoms with Crippen LogP contribution in [-0.4, -0.2) is 30.1 Å². The van der Waals surface area contributed by atoms with E-state index in [0.29, 0.717) is 16.6 Å². The lowest BCUT2D eigenvalue weighted by molar-refractivity contribution is -0.142. The predicted octanol–water partition coefficient (Wildman–Crippen LogP) is 2.83. The minimum atomic E-state index is -0.934. The van der Waals surface area contributed by atoms with Crippen LogP contribution in [0, 0.1) is 17.7 Å². The predicted molar refractivity (Wildman–Crippen MR) is 83.2 cm³/mol. The Morgan fingerprint density at radius 3 is 2.64 bits per heavy atom. The molecule has 0 saturated heterocycles. The van der Waals surface area contributed by atoms with Crippen LogP contribution in [0.25, 0.3) is 0 Å². The monoisotopic (exact) mass is 375 g/mol. The van der Waals surface area contributed by atoms with Crippen molar-refractivity contribution < 1.29 is 23.8 Å². The van der Waals surface area contributed by atoms with Gasteiger partial charge in [-0.25, -0.2) is 4.39 Å². The molecule has 0 radical (unpaired) electrons. The molecule has 1 atom stereocenters. The molecule has 1 aromatic rings. The normalized spacial score (nSPS) is 12.0. The zero-order valence-corrected chi connectivity index (χ0v) is 14.0. The molecule has 0 aliphatic heterocycles. The summed E-state index contributed by atoms with van der Waals surface area (Å²) in [7, 11) is 0. The molecule has 1 rings (SSSR count). The Labute approximate surface area is 137 Å². The molecule has 0 fully saturated rings. The molecule has 0 heterocycles. The molecule has 2 N–H and O–H groups in total. The van der Waals surface area contributed by atoms with Gasteiger partial charge < -0.3 is 15.2 Å². The van der Waals surface area contributed by atoms with Gasteiger partial charge in [-0.3, -0.25) is 9.59 Å². The second-order valence-corrected chi connectivity index (χ2v) is 6.19. The van der Waals surface area contributed by atoms with Crippen LogP contribution in [0.3, 0.4) is 0 Å². The molecule has 1 aromatic carbocycles. The summed E-state index contributed by atoms with van der Waals surface area (Å²) in [6.45, 7) is 3.64. The fourth-order valence-corrected chi connectivity index (χ4v) is 2.33. The summed E-state index contributed by atoms with van der Waals surface area (Å²) in [6.07, 6.45) is 0.486.